The van der Waals surface area contributed by atoms with Crippen molar-refractivity contribution in [3.8, 4) is 0 Å². The molecule has 0 radical (unpaired) electrons. The Morgan fingerprint density at radius 3 is 2.32 bits per heavy atom. The van der Waals surface area contributed by atoms with Crippen molar-refractivity contribution in [1.82, 2.24) is 9.88 Å². The predicted molar refractivity (Wildman–Crippen MR) is 119 cm³/mol. The number of aromatic amines is 1. The third-order valence-corrected chi connectivity index (χ3v) is 5.37. The Labute approximate surface area is 183 Å². The van der Waals surface area contributed by atoms with Crippen LogP contribution in [0.3, 0.4) is 0 Å². The first kappa shape index (κ1) is 24.3. The van der Waals surface area contributed by atoms with E-state index in [0.717, 1.165) is 5.56 Å². The summed E-state index contributed by atoms with van der Waals surface area (Å²) in [7, 11) is 1.29. The standard InChI is InChI=1S/C24H32N2O5/c1-7-31-14-8-13-26(23(28)19-11-9-15(2)10-12-19)18(5)22(27)20-16(3)21(24(29)30-6)25-17(20)4/h9-12,18,25H,7-8,13-14H2,1-6H3/t18-/m0/s1. The zero-order valence-corrected chi connectivity index (χ0v) is 19.2. The molecule has 0 spiro atoms. The zero-order chi connectivity index (χ0) is 23.1. The van der Waals surface area contributed by atoms with Gasteiger partial charge in [0.05, 0.1) is 13.2 Å². The third-order valence-electron chi connectivity index (χ3n) is 5.37. The number of amides is 1. The van der Waals surface area contributed by atoms with Crippen molar-refractivity contribution in [3.63, 3.8) is 0 Å². The van der Waals surface area contributed by atoms with Gasteiger partial charge in [0.1, 0.15) is 5.69 Å². The van der Waals surface area contributed by atoms with E-state index in [1.807, 2.05) is 26.0 Å². The van der Waals surface area contributed by atoms with Crippen LogP contribution in [0.25, 0.3) is 0 Å². The number of esters is 1. The predicted octanol–water partition coefficient (Wildman–Crippen LogP) is 3.87. The number of benzene rings is 1. The molecule has 1 amide bonds. The minimum atomic E-state index is -0.714. The molecule has 0 aliphatic rings. The molecular formula is C24H32N2O5. The fourth-order valence-corrected chi connectivity index (χ4v) is 3.59. The second kappa shape index (κ2) is 10.9. The molecule has 1 aromatic heterocycles. The largest absolute Gasteiger partial charge is 0.464 e. The number of carbonyl (C=O) groups is 3. The van der Waals surface area contributed by atoms with Crippen LogP contribution >= 0.6 is 0 Å². The number of carbonyl (C=O) groups excluding carboxylic acids is 3. The highest BCUT2D eigenvalue weighted by Crippen LogP contribution is 2.23. The molecule has 0 saturated heterocycles. The van der Waals surface area contributed by atoms with Crippen LogP contribution in [0.15, 0.2) is 24.3 Å². The quantitative estimate of drug-likeness (QED) is 0.353. The van der Waals surface area contributed by atoms with Crippen molar-refractivity contribution in [3.05, 3.63) is 57.9 Å². The Hall–Kier alpha value is -2.93. The third kappa shape index (κ3) is 5.61. The van der Waals surface area contributed by atoms with Gasteiger partial charge in [0.2, 0.25) is 0 Å². The Bertz CT molecular complexity index is 930. The average molecular weight is 429 g/mol. The van der Waals surface area contributed by atoms with Gasteiger partial charge in [-0.2, -0.15) is 0 Å². The number of methoxy groups -OCH3 is 1. The molecule has 0 saturated carbocycles. The van der Waals surface area contributed by atoms with Crippen LogP contribution in [0.2, 0.25) is 0 Å². The van der Waals surface area contributed by atoms with E-state index in [9.17, 15) is 14.4 Å². The first-order valence-electron chi connectivity index (χ1n) is 10.5. The van der Waals surface area contributed by atoms with Gasteiger partial charge in [-0.05, 0) is 58.7 Å². The van der Waals surface area contributed by atoms with Gasteiger partial charge in [-0.25, -0.2) is 4.79 Å². The van der Waals surface area contributed by atoms with Gasteiger partial charge in [0.25, 0.3) is 5.91 Å². The van der Waals surface area contributed by atoms with Crippen LogP contribution in [-0.2, 0) is 9.47 Å². The summed E-state index contributed by atoms with van der Waals surface area (Å²) in [5.41, 5.74) is 3.35. The lowest BCUT2D eigenvalue weighted by atomic mass is 9.99. The number of aromatic nitrogens is 1. The zero-order valence-electron chi connectivity index (χ0n) is 19.2. The number of Topliss-reactive ketones (excluding diaryl/α,β-unsaturated/α-hetero) is 1. The molecule has 0 unspecified atom stereocenters. The summed E-state index contributed by atoms with van der Waals surface area (Å²) in [6.45, 7) is 10.5. The van der Waals surface area contributed by atoms with E-state index in [1.165, 1.54) is 7.11 Å². The molecule has 0 aliphatic carbocycles. The number of nitrogens with zero attached hydrogens (tertiary/aromatic N) is 1. The SMILES string of the molecule is CCOCCCN(C(=O)c1ccc(C)cc1)[C@@H](C)C(=O)c1c(C)[nH]c(C(=O)OC)c1C. The molecular weight excluding hydrogens is 396 g/mol. The van der Waals surface area contributed by atoms with Gasteiger partial charge in [-0.15, -0.1) is 0 Å². The highest BCUT2D eigenvalue weighted by atomic mass is 16.5. The van der Waals surface area contributed by atoms with Gasteiger partial charge in [-0.3, -0.25) is 9.59 Å². The first-order valence-corrected chi connectivity index (χ1v) is 10.5. The number of H-pyrrole nitrogens is 1. The van der Waals surface area contributed by atoms with Crippen molar-refractivity contribution in [2.24, 2.45) is 0 Å². The second-order valence-electron chi connectivity index (χ2n) is 7.57. The summed E-state index contributed by atoms with van der Waals surface area (Å²) in [5, 5.41) is 0. The maximum absolute atomic E-state index is 13.4. The molecule has 0 bridgehead atoms. The van der Waals surface area contributed by atoms with Crippen LogP contribution in [0, 0.1) is 20.8 Å². The van der Waals surface area contributed by atoms with Crippen molar-refractivity contribution < 1.29 is 23.9 Å². The van der Waals surface area contributed by atoms with E-state index in [2.05, 4.69) is 4.98 Å². The number of rotatable bonds is 10. The molecule has 168 valence electrons. The summed E-state index contributed by atoms with van der Waals surface area (Å²) < 4.78 is 10.2. The summed E-state index contributed by atoms with van der Waals surface area (Å²) in [4.78, 5) is 43.2. The number of ketones is 1. The Morgan fingerprint density at radius 2 is 1.74 bits per heavy atom. The van der Waals surface area contributed by atoms with E-state index in [1.54, 1.807) is 37.8 Å². The van der Waals surface area contributed by atoms with Crippen LogP contribution in [0.4, 0.5) is 0 Å². The minimum Gasteiger partial charge on any atom is -0.464 e. The van der Waals surface area contributed by atoms with Crippen LogP contribution in [0.5, 0.6) is 0 Å². The fraction of sp³-hybridized carbons (Fsp3) is 0.458. The summed E-state index contributed by atoms with van der Waals surface area (Å²) in [6, 6.07) is 6.58. The molecule has 1 aromatic carbocycles. The molecule has 0 aliphatic heterocycles. The number of nitrogens with one attached hydrogen (secondary N) is 1. The molecule has 1 atom stereocenters. The fourth-order valence-electron chi connectivity index (χ4n) is 3.59. The molecule has 31 heavy (non-hydrogen) atoms. The highest BCUT2D eigenvalue weighted by Gasteiger charge is 2.31. The smallest absolute Gasteiger partial charge is 0.354 e. The number of aryl methyl sites for hydroxylation is 2. The van der Waals surface area contributed by atoms with Crippen molar-refractivity contribution in [2.75, 3.05) is 26.9 Å². The summed E-state index contributed by atoms with van der Waals surface area (Å²) in [6.07, 6.45) is 0.613. The van der Waals surface area contributed by atoms with Gasteiger partial charge < -0.3 is 19.4 Å². The first-order chi connectivity index (χ1) is 14.7. The van der Waals surface area contributed by atoms with Gasteiger partial charge in [0.15, 0.2) is 5.78 Å². The van der Waals surface area contributed by atoms with Gasteiger partial charge in [0, 0.05) is 36.6 Å². The molecule has 0 fully saturated rings. The maximum atomic E-state index is 13.4. The van der Waals surface area contributed by atoms with Crippen LogP contribution < -0.4 is 0 Å². The van der Waals surface area contributed by atoms with Crippen molar-refractivity contribution in [1.29, 1.82) is 0 Å². The normalized spacial score (nSPS) is 11.8. The van der Waals surface area contributed by atoms with E-state index in [0.29, 0.717) is 48.6 Å². The maximum Gasteiger partial charge on any atom is 0.354 e. The minimum absolute atomic E-state index is 0.212. The van der Waals surface area contributed by atoms with Gasteiger partial charge in [-0.1, -0.05) is 17.7 Å². The van der Waals surface area contributed by atoms with E-state index in [4.69, 9.17) is 9.47 Å². The molecule has 7 nitrogen and oxygen atoms in total. The molecule has 1 N–H and O–H groups in total. The monoisotopic (exact) mass is 428 g/mol. The lowest BCUT2D eigenvalue weighted by Gasteiger charge is -2.29. The van der Waals surface area contributed by atoms with E-state index < -0.39 is 12.0 Å². The van der Waals surface area contributed by atoms with Gasteiger partial charge >= 0.3 is 5.97 Å². The Kier molecular flexibility index (Phi) is 8.56. The summed E-state index contributed by atoms with van der Waals surface area (Å²) >= 11 is 0. The number of hydrogen-bond donors (Lipinski definition) is 1. The van der Waals surface area contributed by atoms with E-state index in [-0.39, 0.29) is 17.4 Å². The van der Waals surface area contributed by atoms with E-state index >= 15 is 0 Å². The molecule has 2 rings (SSSR count). The Balaban J connectivity index is 2.35. The van der Waals surface area contributed by atoms with Crippen LogP contribution in [-0.4, -0.2) is 60.5 Å². The molecule has 7 heteroatoms. The lowest BCUT2D eigenvalue weighted by molar-refractivity contribution is 0.0588. The molecule has 2 aromatic rings. The lowest BCUT2D eigenvalue weighted by Crippen LogP contribution is -2.44. The van der Waals surface area contributed by atoms with Crippen molar-refractivity contribution in [2.45, 2.75) is 47.1 Å². The van der Waals surface area contributed by atoms with Crippen LogP contribution in [0.1, 0.15) is 68.3 Å². The van der Waals surface area contributed by atoms with Crippen molar-refractivity contribution >= 4 is 17.7 Å². The number of hydrogen-bond acceptors (Lipinski definition) is 5. The molecule has 1 heterocycles. The average Bonchev–Trinajstić information content (AvgIpc) is 3.06. The Morgan fingerprint density at radius 1 is 1.10 bits per heavy atom. The number of ether oxygens (including phenoxy) is 2. The summed E-state index contributed by atoms with van der Waals surface area (Å²) in [5.74, 6) is -0.966. The topological polar surface area (TPSA) is 88.7 Å². The second-order valence-corrected chi connectivity index (χ2v) is 7.57. The highest BCUT2D eigenvalue weighted by molar-refractivity contribution is 6.07.